The van der Waals surface area contributed by atoms with Crippen molar-refractivity contribution >= 4 is 21.7 Å². The fraction of sp³-hybridized carbons (Fsp3) is 0.346. The predicted octanol–water partition coefficient (Wildman–Crippen LogP) is 4.59. The highest BCUT2D eigenvalue weighted by Crippen LogP contribution is 2.29. The quantitative estimate of drug-likeness (QED) is 0.368. The van der Waals surface area contributed by atoms with E-state index in [1.807, 2.05) is 32.4 Å². The maximum Gasteiger partial charge on any atom is 0.281 e. The monoisotopic (exact) mass is 530 g/mol. The molecule has 1 aromatic carbocycles. The molecule has 0 aliphatic rings. The molecule has 9 nitrogen and oxygen atoms in total. The van der Waals surface area contributed by atoms with E-state index in [0.717, 1.165) is 6.42 Å². The molecular weight excluding hydrogens is 499 g/mol. The summed E-state index contributed by atoms with van der Waals surface area (Å²) in [6.45, 7) is 8.17. The SMILES string of the molecule is CCCC(C)Oc1nc(-c2cc(F)cc(OCC(C)C)c2)ccc1C(=O)NS(=O)(=O)c1cccc(N)n1. The third-order valence-electron chi connectivity index (χ3n) is 5.11. The van der Waals surface area contributed by atoms with Gasteiger partial charge in [-0.1, -0.05) is 33.3 Å². The number of hydrogen-bond acceptors (Lipinski definition) is 8. The molecule has 198 valence electrons. The summed E-state index contributed by atoms with van der Waals surface area (Å²) < 4.78 is 53.3. The summed E-state index contributed by atoms with van der Waals surface area (Å²) in [5.41, 5.74) is 6.21. The van der Waals surface area contributed by atoms with Crippen molar-refractivity contribution in [3.05, 3.63) is 59.9 Å². The lowest BCUT2D eigenvalue weighted by atomic mass is 10.1. The number of pyridine rings is 2. The second-order valence-corrected chi connectivity index (χ2v) is 10.6. The third-order valence-corrected chi connectivity index (χ3v) is 6.34. The van der Waals surface area contributed by atoms with E-state index in [-0.39, 0.29) is 29.3 Å². The van der Waals surface area contributed by atoms with Crippen molar-refractivity contribution in [1.82, 2.24) is 14.7 Å². The van der Waals surface area contributed by atoms with Crippen molar-refractivity contribution < 1.29 is 27.1 Å². The number of benzene rings is 1. The molecule has 1 amide bonds. The molecule has 1 atom stereocenters. The number of rotatable bonds is 11. The second-order valence-electron chi connectivity index (χ2n) is 8.98. The van der Waals surface area contributed by atoms with E-state index in [4.69, 9.17) is 15.2 Å². The molecular formula is C26H31FN4O5S. The van der Waals surface area contributed by atoms with Gasteiger partial charge < -0.3 is 15.2 Å². The van der Waals surface area contributed by atoms with E-state index in [9.17, 15) is 17.6 Å². The molecule has 3 N–H and O–H groups in total. The fourth-order valence-corrected chi connectivity index (χ4v) is 4.33. The van der Waals surface area contributed by atoms with Crippen LogP contribution >= 0.6 is 0 Å². The van der Waals surface area contributed by atoms with E-state index in [2.05, 4.69) is 9.97 Å². The summed E-state index contributed by atoms with van der Waals surface area (Å²) in [6, 6.07) is 11.1. The van der Waals surface area contributed by atoms with Gasteiger partial charge in [0.05, 0.1) is 18.4 Å². The molecule has 0 fully saturated rings. The van der Waals surface area contributed by atoms with Crippen LogP contribution in [0.4, 0.5) is 10.2 Å². The number of aromatic nitrogens is 2. The Morgan fingerprint density at radius 1 is 1.11 bits per heavy atom. The molecule has 3 rings (SSSR count). The van der Waals surface area contributed by atoms with Gasteiger partial charge in [-0.25, -0.2) is 19.1 Å². The van der Waals surface area contributed by atoms with Crippen molar-refractivity contribution in [2.24, 2.45) is 5.92 Å². The molecule has 1 unspecified atom stereocenters. The normalized spacial score (nSPS) is 12.3. The Hall–Kier alpha value is -3.73. The Labute approximate surface area is 216 Å². The van der Waals surface area contributed by atoms with Crippen molar-refractivity contribution in [2.75, 3.05) is 12.3 Å². The van der Waals surface area contributed by atoms with E-state index >= 15 is 0 Å². The maximum atomic E-state index is 14.3. The molecule has 11 heteroatoms. The summed E-state index contributed by atoms with van der Waals surface area (Å²) >= 11 is 0. The molecule has 0 aliphatic carbocycles. The first-order valence-corrected chi connectivity index (χ1v) is 13.4. The van der Waals surface area contributed by atoms with Gasteiger partial charge in [0.1, 0.15) is 22.9 Å². The Morgan fingerprint density at radius 2 is 1.86 bits per heavy atom. The topological polar surface area (TPSA) is 134 Å². The summed E-state index contributed by atoms with van der Waals surface area (Å²) in [5.74, 6) is -0.966. The number of nitrogens with one attached hydrogen (secondary N) is 1. The summed E-state index contributed by atoms with van der Waals surface area (Å²) in [4.78, 5) is 21.2. The molecule has 0 saturated carbocycles. The lowest BCUT2D eigenvalue weighted by molar-refractivity contribution is 0.0972. The van der Waals surface area contributed by atoms with Gasteiger partial charge in [-0.15, -0.1) is 0 Å². The van der Waals surface area contributed by atoms with Gasteiger partial charge >= 0.3 is 0 Å². The largest absolute Gasteiger partial charge is 0.493 e. The number of anilines is 1. The van der Waals surface area contributed by atoms with Crippen LogP contribution in [0, 0.1) is 11.7 Å². The first-order chi connectivity index (χ1) is 17.5. The molecule has 2 heterocycles. The van der Waals surface area contributed by atoms with Crippen molar-refractivity contribution in [1.29, 1.82) is 0 Å². The molecule has 0 aliphatic heterocycles. The highest BCUT2D eigenvalue weighted by atomic mass is 32.2. The van der Waals surface area contributed by atoms with Gasteiger partial charge in [-0.3, -0.25) is 4.79 Å². The number of nitrogens with zero attached hydrogens (tertiary/aromatic N) is 2. The van der Waals surface area contributed by atoms with Crippen LogP contribution in [-0.2, 0) is 10.0 Å². The average molecular weight is 531 g/mol. The van der Waals surface area contributed by atoms with Crippen LogP contribution in [-0.4, -0.2) is 37.0 Å². The average Bonchev–Trinajstić information content (AvgIpc) is 2.82. The first-order valence-electron chi connectivity index (χ1n) is 11.9. The summed E-state index contributed by atoms with van der Waals surface area (Å²) in [6.07, 6.45) is 1.17. The van der Waals surface area contributed by atoms with E-state index in [1.54, 1.807) is 6.07 Å². The Morgan fingerprint density at radius 3 is 2.54 bits per heavy atom. The molecule has 0 spiro atoms. The summed E-state index contributed by atoms with van der Waals surface area (Å²) in [7, 11) is -4.31. The van der Waals surface area contributed by atoms with Gasteiger partial charge in [0.2, 0.25) is 5.88 Å². The van der Waals surface area contributed by atoms with E-state index < -0.39 is 26.8 Å². The van der Waals surface area contributed by atoms with Gasteiger partial charge in [0.25, 0.3) is 15.9 Å². The Balaban J connectivity index is 1.98. The Bertz CT molecular complexity index is 1360. The third kappa shape index (κ3) is 7.63. The standard InChI is InChI=1S/C26H31FN4O5S/c1-5-7-17(4)36-26-21(25(32)31-37(33,34)24-9-6-8-23(28)30-24)10-11-22(29-26)18-12-19(27)14-20(13-18)35-15-16(2)3/h6,8-14,16-17H,5,7,15H2,1-4H3,(H2,28,30)(H,31,32). The zero-order valence-electron chi connectivity index (χ0n) is 21.2. The van der Waals surface area contributed by atoms with E-state index in [0.29, 0.717) is 30.0 Å². The highest BCUT2D eigenvalue weighted by molar-refractivity contribution is 7.90. The lowest BCUT2D eigenvalue weighted by Gasteiger charge is -2.17. The minimum Gasteiger partial charge on any atom is -0.493 e. The highest BCUT2D eigenvalue weighted by Gasteiger charge is 2.24. The number of ether oxygens (including phenoxy) is 2. The number of nitrogen functional groups attached to an aromatic ring is 1. The van der Waals surface area contributed by atoms with Gasteiger partial charge in [-0.2, -0.15) is 8.42 Å². The Kier molecular flexibility index (Phi) is 9.04. The number of carbonyl (C=O) groups excluding carboxylic acids is 1. The number of nitrogens with two attached hydrogens (primary N) is 1. The number of sulfonamides is 1. The van der Waals surface area contributed by atoms with Crippen molar-refractivity contribution in [2.45, 2.75) is 51.7 Å². The van der Waals surface area contributed by atoms with Crippen LogP contribution in [0.5, 0.6) is 11.6 Å². The number of hydrogen-bond donors (Lipinski definition) is 2. The van der Waals surface area contributed by atoms with Crippen LogP contribution < -0.4 is 19.9 Å². The molecule has 0 bridgehead atoms. The molecule has 0 saturated heterocycles. The minimum atomic E-state index is -4.31. The second kappa shape index (κ2) is 12.0. The molecule has 0 radical (unpaired) electrons. The van der Waals surface area contributed by atoms with E-state index in [1.165, 1.54) is 42.5 Å². The number of halogens is 1. The van der Waals surface area contributed by atoms with Crippen LogP contribution in [0.1, 0.15) is 50.9 Å². The smallest absolute Gasteiger partial charge is 0.281 e. The van der Waals surface area contributed by atoms with Crippen LogP contribution in [0.2, 0.25) is 0 Å². The zero-order valence-corrected chi connectivity index (χ0v) is 22.0. The van der Waals surface area contributed by atoms with Crippen LogP contribution in [0.3, 0.4) is 0 Å². The minimum absolute atomic E-state index is 0.00871. The molecule has 2 aromatic heterocycles. The van der Waals surface area contributed by atoms with Gasteiger partial charge in [0.15, 0.2) is 5.03 Å². The van der Waals surface area contributed by atoms with Gasteiger partial charge in [-0.05, 0) is 55.7 Å². The van der Waals surface area contributed by atoms with Crippen molar-refractivity contribution in [3.8, 4) is 22.9 Å². The van der Waals surface area contributed by atoms with Crippen LogP contribution in [0.15, 0.2) is 53.6 Å². The lowest BCUT2D eigenvalue weighted by Crippen LogP contribution is -2.32. The zero-order chi connectivity index (χ0) is 27.2. The fourth-order valence-electron chi connectivity index (χ4n) is 3.39. The number of carbonyl (C=O) groups is 1. The van der Waals surface area contributed by atoms with Crippen LogP contribution in [0.25, 0.3) is 11.3 Å². The summed E-state index contributed by atoms with van der Waals surface area (Å²) in [5, 5.41) is -0.402. The van der Waals surface area contributed by atoms with Crippen molar-refractivity contribution in [3.63, 3.8) is 0 Å². The molecule has 37 heavy (non-hydrogen) atoms. The maximum absolute atomic E-state index is 14.3. The number of amides is 1. The van der Waals surface area contributed by atoms with Gasteiger partial charge in [0, 0.05) is 11.6 Å². The first kappa shape index (κ1) is 27.9. The molecule has 3 aromatic rings. The predicted molar refractivity (Wildman–Crippen MR) is 138 cm³/mol.